The van der Waals surface area contributed by atoms with Gasteiger partial charge in [-0.15, -0.1) is 22.9 Å². The van der Waals surface area contributed by atoms with Crippen LogP contribution in [0.3, 0.4) is 0 Å². The summed E-state index contributed by atoms with van der Waals surface area (Å²) in [7, 11) is 0. The first-order chi connectivity index (χ1) is 12.5. The van der Waals surface area contributed by atoms with Gasteiger partial charge in [-0.3, -0.25) is 4.79 Å². The standard InChI is InChI=1S/C20H24ClNO3S/c1-4-6-14-7-9-15(10-8-14)17-13(3)26-19(22-16(23)12-21)18(17)20(24)25-11-5-2/h7-10H,4-6,11-12H2,1-3H3,(H,22,23). The SMILES string of the molecule is CCCOC(=O)c1c(NC(=O)CCl)sc(C)c1-c1ccc(CCC)cc1. The number of ether oxygens (including phenoxy) is 1. The number of hydrogen-bond donors (Lipinski definition) is 1. The summed E-state index contributed by atoms with van der Waals surface area (Å²) in [6.45, 7) is 6.36. The van der Waals surface area contributed by atoms with Crippen LogP contribution in [0.25, 0.3) is 11.1 Å². The van der Waals surface area contributed by atoms with Gasteiger partial charge < -0.3 is 10.1 Å². The smallest absolute Gasteiger partial charge is 0.341 e. The molecule has 1 amide bonds. The number of anilines is 1. The van der Waals surface area contributed by atoms with Crippen LogP contribution in [0.1, 0.15) is 47.5 Å². The van der Waals surface area contributed by atoms with Gasteiger partial charge in [-0.25, -0.2) is 4.79 Å². The summed E-state index contributed by atoms with van der Waals surface area (Å²) in [6, 6.07) is 8.19. The number of nitrogens with one attached hydrogen (secondary N) is 1. The Kier molecular flexibility index (Phi) is 7.66. The molecule has 1 aromatic carbocycles. The molecule has 6 heteroatoms. The van der Waals surface area contributed by atoms with Crippen molar-refractivity contribution in [3.63, 3.8) is 0 Å². The number of aryl methyl sites for hydroxylation is 2. The van der Waals surface area contributed by atoms with Crippen molar-refractivity contribution >= 4 is 39.8 Å². The van der Waals surface area contributed by atoms with Gasteiger partial charge in [0.2, 0.25) is 5.91 Å². The van der Waals surface area contributed by atoms with Gasteiger partial charge in [0.05, 0.1) is 6.61 Å². The number of carbonyl (C=O) groups is 2. The fourth-order valence-corrected chi connectivity index (χ4v) is 3.88. The van der Waals surface area contributed by atoms with Crippen LogP contribution in [-0.4, -0.2) is 24.4 Å². The van der Waals surface area contributed by atoms with E-state index in [9.17, 15) is 9.59 Å². The average Bonchev–Trinajstić information content (AvgIpc) is 2.96. The molecule has 26 heavy (non-hydrogen) atoms. The maximum atomic E-state index is 12.7. The van der Waals surface area contributed by atoms with Crippen LogP contribution < -0.4 is 5.32 Å². The third kappa shape index (κ3) is 4.86. The van der Waals surface area contributed by atoms with Gasteiger partial charge in [0.1, 0.15) is 16.4 Å². The molecule has 0 aliphatic heterocycles. The number of alkyl halides is 1. The normalized spacial score (nSPS) is 10.6. The highest BCUT2D eigenvalue weighted by Crippen LogP contribution is 2.40. The summed E-state index contributed by atoms with van der Waals surface area (Å²) in [5, 5.41) is 3.21. The van der Waals surface area contributed by atoms with E-state index in [0.29, 0.717) is 17.2 Å². The molecule has 0 spiro atoms. The minimum absolute atomic E-state index is 0.165. The third-order valence-electron chi connectivity index (χ3n) is 3.88. The molecule has 4 nitrogen and oxygen atoms in total. The fraction of sp³-hybridized carbons (Fsp3) is 0.400. The van der Waals surface area contributed by atoms with Crippen molar-refractivity contribution in [3.8, 4) is 11.1 Å². The van der Waals surface area contributed by atoms with Gasteiger partial charge in [-0.2, -0.15) is 0 Å². The van der Waals surface area contributed by atoms with E-state index in [0.717, 1.165) is 35.3 Å². The zero-order valence-electron chi connectivity index (χ0n) is 15.4. The summed E-state index contributed by atoms with van der Waals surface area (Å²) in [5.41, 5.74) is 3.41. The second-order valence-electron chi connectivity index (χ2n) is 6.00. The summed E-state index contributed by atoms with van der Waals surface area (Å²) in [5.74, 6) is -0.933. The Morgan fingerprint density at radius 3 is 2.42 bits per heavy atom. The number of thiophene rings is 1. The van der Waals surface area contributed by atoms with Gasteiger partial charge in [0.25, 0.3) is 0 Å². The third-order valence-corrected chi connectivity index (χ3v) is 5.14. The van der Waals surface area contributed by atoms with Gasteiger partial charge in [-0.1, -0.05) is 44.5 Å². The van der Waals surface area contributed by atoms with E-state index < -0.39 is 5.97 Å². The maximum absolute atomic E-state index is 12.7. The van der Waals surface area contributed by atoms with Gasteiger partial charge in [0, 0.05) is 10.4 Å². The van der Waals surface area contributed by atoms with E-state index in [4.69, 9.17) is 16.3 Å². The molecular formula is C20H24ClNO3S. The Bertz CT molecular complexity index is 768. The molecule has 0 fully saturated rings. The molecule has 0 aliphatic rings. The van der Waals surface area contributed by atoms with Crippen molar-refractivity contribution in [2.24, 2.45) is 0 Å². The first kappa shape index (κ1) is 20.5. The van der Waals surface area contributed by atoms with E-state index in [1.165, 1.54) is 16.9 Å². The van der Waals surface area contributed by atoms with Crippen molar-refractivity contribution in [2.75, 3.05) is 17.8 Å². The Morgan fingerprint density at radius 1 is 1.15 bits per heavy atom. The second-order valence-corrected chi connectivity index (χ2v) is 7.49. The molecule has 0 aliphatic carbocycles. The maximum Gasteiger partial charge on any atom is 0.341 e. The lowest BCUT2D eigenvalue weighted by Gasteiger charge is -2.10. The first-order valence-corrected chi connectivity index (χ1v) is 10.1. The molecule has 0 saturated carbocycles. The van der Waals surface area contributed by atoms with Crippen LogP contribution in [0.15, 0.2) is 24.3 Å². The molecule has 1 aromatic heterocycles. The van der Waals surface area contributed by atoms with Crippen LogP contribution in [-0.2, 0) is 16.0 Å². The number of benzene rings is 1. The molecule has 2 rings (SSSR count). The number of rotatable bonds is 8. The van der Waals surface area contributed by atoms with Crippen LogP contribution >= 0.6 is 22.9 Å². The highest BCUT2D eigenvalue weighted by atomic mass is 35.5. The monoisotopic (exact) mass is 393 g/mol. The minimum Gasteiger partial charge on any atom is -0.462 e. The van der Waals surface area contributed by atoms with Crippen molar-refractivity contribution in [3.05, 3.63) is 40.3 Å². The Balaban J connectivity index is 2.48. The number of esters is 1. The summed E-state index contributed by atoms with van der Waals surface area (Å²) < 4.78 is 5.35. The lowest BCUT2D eigenvalue weighted by molar-refractivity contribution is -0.113. The average molecular weight is 394 g/mol. The molecule has 140 valence electrons. The molecule has 0 saturated heterocycles. The van der Waals surface area contributed by atoms with Crippen LogP contribution in [0, 0.1) is 6.92 Å². The van der Waals surface area contributed by atoms with Crippen LogP contribution in [0.2, 0.25) is 0 Å². The van der Waals surface area contributed by atoms with Gasteiger partial charge in [0.15, 0.2) is 0 Å². The number of amides is 1. The van der Waals surface area contributed by atoms with Crippen molar-refractivity contribution in [1.82, 2.24) is 0 Å². The summed E-state index contributed by atoms with van der Waals surface area (Å²) in [6.07, 6.45) is 2.84. The van der Waals surface area contributed by atoms with Gasteiger partial charge in [-0.05, 0) is 30.9 Å². The Morgan fingerprint density at radius 2 is 1.85 bits per heavy atom. The zero-order chi connectivity index (χ0) is 19.1. The highest BCUT2D eigenvalue weighted by molar-refractivity contribution is 7.17. The van der Waals surface area contributed by atoms with Crippen molar-refractivity contribution < 1.29 is 14.3 Å². The fourth-order valence-electron chi connectivity index (χ4n) is 2.73. The van der Waals surface area contributed by atoms with Crippen LogP contribution in [0.4, 0.5) is 5.00 Å². The van der Waals surface area contributed by atoms with E-state index in [2.05, 4.69) is 24.4 Å². The predicted octanol–water partition coefficient (Wildman–Crippen LogP) is 5.42. The molecule has 0 atom stereocenters. The molecule has 0 radical (unpaired) electrons. The molecule has 1 N–H and O–H groups in total. The number of hydrogen-bond acceptors (Lipinski definition) is 4. The van der Waals surface area contributed by atoms with Crippen molar-refractivity contribution in [1.29, 1.82) is 0 Å². The van der Waals surface area contributed by atoms with E-state index in [1.54, 1.807) is 0 Å². The predicted molar refractivity (Wildman–Crippen MR) is 108 cm³/mol. The Hall–Kier alpha value is -1.85. The van der Waals surface area contributed by atoms with E-state index >= 15 is 0 Å². The van der Waals surface area contributed by atoms with E-state index in [-0.39, 0.29) is 11.8 Å². The quantitative estimate of drug-likeness (QED) is 0.481. The topological polar surface area (TPSA) is 55.4 Å². The molecule has 0 unspecified atom stereocenters. The number of carbonyl (C=O) groups excluding carboxylic acids is 2. The summed E-state index contributed by atoms with van der Waals surface area (Å²) in [4.78, 5) is 25.4. The Labute approximate surface area is 163 Å². The van der Waals surface area contributed by atoms with E-state index in [1.807, 2.05) is 26.0 Å². The molecular weight excluding hydrogens is 370 g/mol. The lowest BCUT2D eigenvalue weighted by Crippen LogP contribution is -2.15. The zero-order valence-corrected chi connectivity index (χ0v) is 16.9. The highest BCUT2D eigenvalue weighted by Gasteiger charge is 2.25. The summed E-state index contributed by atoms with van der Waals surface area (Å²) >= 11 is 6.97. The molecule has 2 aromatic rings. The van der Waals surface area contributed by atoms with Crippen molar-refractivity contribution in [2.45, 2.75) is 40.0 Å². The lowest BCUT2D eigenvalue weighted by atomic mass is 9.99. The molecule has 1 heterocycles. The number of halogens is 1. The minimum atomic E-state index is -0.422. The second kappa shape index (κ2) is 9.74. The van der Waals surface area contributed by atoms with Crippen LogP contribution in [0.5, 0.6) is 0 Å². The van der Waals surface area contributed by atoms with Gasteiger partial charge >= 0.3 is 5.97 Å². The molecule has 0 bridgehead atoms. The largest absolute Gasteiger partial charge is 0.462 e. The first-order valence-electron chi connectivity index (χ1n) is 8.77.